The molecule has 0 aliphatic heterocycles. The van der Waals surface area contributed by atoms with E-state index in [0.29, 0.717) is 22.1 Å². The summed E-state index contributed by atoms with van der Waals surface area (Å²) in [6.45, 7) is 1.69. The zero-order valence-corrected chi connectivity index (χ0v) is 16.9. The zero-order chi connectivity index (χ0) is 21.1. The third-order valence-electron chi connectivity index (χ3n) is 4.53. The Bertz CT molecular complexity index is 1330. The Morgan fingerprint density at radius 1 is 1.07 bits per heavy atom. The minimum atomic E-state index is -0.556. The fourth-order valence-electron chi connectivity index (χ4n) is 3.13. The topological polar surface area (TPSA) is 112 Å². The molecule has 10 heteroatoms. The molecule has 1 aromatic carbocycles. The zero-order valence-electron chi connectivity index (χ0n) is 16.1. The van der Waals surface area contributed by atoms with E-state index in [9.17, 15) is 14.4 Å². The van der Waals surface area contributed by atoms with Gasteiger partial charge < -0.3 is 0 Å². The SMILES string of the molecule is Cc1nnc(NC(=O)Cn2c(=O)n(CCc3ccccc3)c(=O)c3ncccc32)s1. The van der Waals surface area contributed by atoms with Crippen molar-refractivity contribution < 1.29 is 4.79 Å². The van der Waals surface area contributed by atoms with Crippen molar-refractivity contribution in [3.05, 3.63) is 80.1 Å². The highest BCUT2D eigenvalue weighted by atomic mass is 32.1. The lowest BCUT2D eigenvalue weighted by atomic mass is 10.1. The number of pyridine rings is 1. The first kappa shape index (κ1) is 19.6. The molecule has 0 saturated carbocycles. The third kappa shape index (κ3) is 4.03. The molecule has 4 rings (SSSR count). The molecule has 0 atom stereocenters. The average Bonchev–Trinajstić information content (AvgIpc) is 3.16. The summed E-state index contributed by atoms with van der Waals surface area (Å²) in [4.78, 5) is 42.7. The number of carbonyl (C=O) groups is 1. The number of rotatable bonds is 6. The number of amides is 1. The van der Waals surface area contributed by atoms with Crippen LogP contribution in [0.5, 0.6) is 0 Å². The van der Waals surface area contributed by atoms with Gasteiger partial charge in [0.1, 0.15) is 11.6 Å². The van der Waals surface area contributed by atoms with E-state index in [1.54, 1.807) is 19.1 Å². The Morgan fingerprint density at radius 3 is 2.60 bits per heavy atom. The lowest BCUT2D eigenvalue weighted by molar-refractivity contribution is -0.116. The molecular formula is C20H18N6O3S. The molecule has 0 aliphatic rings. The first-order chi connectivity index (χ1) is 14.5. The lowest BCUT2D eigenvalue weighted by Crippen LogP contribution is -2.42. The van der Waals surface area contributed by atoms with E-state index in [2.05, 4.69) is 20.5 Å². The van der Waals surface area contributed by atoms with Gasteiger partial charge in [-0.1, -0.05) is 41.7 Å². The van der Waals surface area contributed by atoms with Crippen molar-refractivity contribution in [2.24, 2.45) is 0 Å². The van der Waals surface area contributed by atoms with E-state index in [4.69, 9.17) is 0 Å². The van der Waals surface area contributed by atoms with Gasteiger partial charge in [-0.15, -0.1) is 10.2 Å². The summed E-state index contributed by atoms with van der Waals surface area (Å²) in [5, 5.41) is 11.4. The van der Waals surface area contributed by atoms with Crippen molar-refractivity contribution in [3.63, 3.8) is 0 Å². The molecule has 0 unspecified atom stereocenters. The van der Waals surface area contributed by atoms with Crippen molar-refractivity contribution in [1.29, 1.82) is 0 Å². The maximum absolute atomic E-state index is 13.1. The molecular weight excluding hydrogens is 404 g/mol. The van der Waals surface area contributed by atoms with Crippen LogP contribution in [0.3, 0.4) is 0 Å². The Kier molecular flexibility index (Phi) is 5.48. The number of nitrogens with one attached hydrogen (secondary N) is 1. The summed E-state index contributed by atoms with van der Waals surface area (Å²) in [5.74, 6) is -0.438. The largest absolute Gasteiger partial charge is 0.332 e. The predicted octanol–water partition coefficient (Wildman–Crippen LogP) is 1.60. The second kappa shape index (κ2) is 8.37. The first-order valence-corrected chi connectivity index (χ1v) is 10.1. The van der Waals surface area contributed by atoms with Crippen molar-refractivity contribution in [2.75, 3.05) is 5.32 Å². The fourth-order valence-corrected chi connectivity index (χ4v) is 3.74. The number of carbonyl (C=O) groups excluding carboxylic acids is 1. The summed E-state index contributed by atoms with van der Waals surface area (Å²) < 4.78 is 2.39. The van der Waals surface area contributed by atoms with Gasteiger partial charge in [-0.2, -0.15) is 0 Å². The Balaban J connectivity index is 1.70. The quantitative estimate of drug-likeness (QED) is 0.505. The maximum Gasteiger partial charge on any atom is 0.332 e. The Labute approximate surface area is 174 Å². The van der Waals surface area contributed by atoms with Gasteiger partial charge >= 0.3 is 5.69 Å². The van der Waals surface area contributed by atoms with Crippen molar-refractivity contribution >= 4 is 33.4 Å². The number of nitrogens with zero attached hydrogens (tertiary/aromatic N) is 5. The maximum atomic E-state index is 13.1. The molecule has 4 aromatic rings. The molecule has 0 bridgehead atoms. The number of hydrogen-bond acceptors (Lipinski definition) is 7. The summed E-state index contributed by atoms with van der Waals surface area (Å²) in [6, 6.07) is 12.8. The first-order valence-electron chi connectivity index (χ1n) is 9.25. The highest BCUT2D eigenvalue weighted by Crippen LogP contribution is 2.14. The molecule has 0 saturated heterocycles. The van der Waals surface area contributed by atoms with Gasteiger partial charge in [0.2, 0.25) is 11.0 Å². The standard InChI is InChI=1S/C20H18N6O3S/c1-13-23-24-19(30-13)22-16(27)12-26-15-8-5-10-21-17(15)18(28)25(20(26)29)11-9-14-6-3-2-4-7-14/h2-8,10H,9,11-12H2,1H3,(H,22,24,27). The molecule has 0 spiro atoms. The van der Waals surface area contributed by atoms with Crippen molar-refractivity contribution in [3.8, 4) is 0 Å². The van der Waals surface area contributed by atoms with E-state index in [1.807, 2.05) is 30.3 Å². The summed E-state index contributed by atoms with van der Waals surface area (Å²) in [6.07, 6.45) is 1.99. The molecule has 3 heterocycles. The Morgan fingerprint density at radius 2 is 1.87 bits per heavy atom. The molecule has 30 heavy (non-hydrogen) atoms. The number of benzene rings is 1. The van der Waals surface area contributed by atoms with Gasteiger partial charge in [0.05, 0.1) is 5.52 Å². The highest BCUT2D eigenvalue weighted by Gasteiger charge is 2.17. The second-order valence-corrected chi connectivity index (χ2v) is 7.79. The van der Waals surface area contributed by atoms with E-state index >= 15 is 0 Å². The second-order valence-electron chi connectivity index (χ2n) is 6.61. The predicted molar refractivity (Wildman–Crippen MR) is 114 cm³/mol. The molecule has 0 fully saturated rings. The average molecular weight is 422 g/mol. The number of aryl methyl sites for hydroxylation is 2. The van der Waals surface area contributed by atoms with Gasteiger partial charge in [0, 0.05) is 12.7 Å². The fraction of sp³-hybridized carbons (Fsp3) is 0.200. The highest BCUT2D eigenvalue weighted by molar-refractivity contribution is 7.15. The van der Waals surface area contributed by atoms with Gasteiger partial charge in [-0.3, -0.25) is 24.0 Å². The van der Waals surface area contributed by atoms with Crippen LogP contribution in [0.4, 0.5) is 5.13 Å². The molecule has 1 amide bonds. The van der Waals surface area contributed by atoms with Gasteiger partial charge in [0.15, 0.2) is 5.52 Å². The van der Waals surface area contributed by atoms with Crippen LogP contribution in [0.2, 0.25) is 0 Å². The number of hydrogen-bond donors (Lipinski definition) is 1. The van der Waals surface area contributed by atoms with Gasteiger partial charge in [0.25, 0.3) is 5.56 Å². The number of fused-ring (bicyclic) bond motifs is 1. The monoisotopic (exact) mass is 422 g/mol. The summed E-state index contributed by atoms with van der Waals surface area (Å²) in [5.41, 5.74) is 0.431. The normalized spacial score (nSPS) is 11.0. The Hall–Kier alpha value is -3.66. The van der Waals surface area contributed by atoms with Crippen LogP contribution in [0.25, 0.3) is 11.0 Å². The van der Waals surface area contributed by atoms with Crippen LogP contribution in [-0.2, 0) is 24.3 Å². The summed E-state index contributed by atoms with van der Waals surface area (Å²) in [7, 11) is 0. The van der Waals surface area contributed by atoms with Crippen molar-refractivity contribution in [2.45, 2.75) is 26.4 Å². The van der Waals surface area contributed by atoms with Crippen LogP contribution >= 0.6 is 11.3 Å². The van der Waals surface area contributed by atoms with Crippen molar-refractivity contribution in [1.82, 2.24) is 24.3 Å². The van der Waals surface area contributed by atoms with Crippen LogP contribution in [-0.4, -0.2) is 30.2 Å². The van der Waals surface area contributed by atoms with Gasteiger partial charge in [-0.25, -0.2) is 9.78 Å². The smallest absolute Gasteiger partial charge is 0.299 e. The molecule has 9 nitrogen and oxygen atoms in total. The molecule has 0 radical (unpaired) electrons. The van der Waals surface area contributed by atoms with E-state index < -0.39 is 17.2 Å². The number of anilines is 1. The molecule has 152 valence electrons. The van der Waals surface area contributed by atoms with E-state index in [0.717, 1.165) is 10.1 Å². The molecule has 0 aliphatic carbocycles. The lowest BCUT2D eigenvalue weighted by Gasteiger charge is -2.13. The van der Waals surface area contributed by atoms with E-state index in [1.165, 1.54) is 22.1 Å². The number of aromatic nitrogens is 5. The minimum absolute atomic E-state index is 0.143. The van der Waals surface area contributed by atoms with E-state index in [-0.39, 0.29) is 18.6 Å². The van der Waals surface area contributed by atoms with Crippen LogP contribution < -0.4 is 16.6 Å². The molecule has 1 N–H and O–H groups in total. The van der Waals surface area contributed by atoms with Crippen LogP contribution in [0.15, 0.2) is 58.3 Å². The summed E-state index contributed by atoms with van der Waals surface area (Å²) >= 11 is 1.24. The van der Waals surface area contributed by atoms with Gasteiger partial charge in [-0.05, 0) is 31.0 Å². The molecule has 3 aromatic heterocycles. The van der Waals surface area contributed by atoms with Crippen LogP contribution in [0.1, 0.15) is 10.6 Å². The minimum Gasteiger partial charge on any atom is -0.299 e. The van der Waals surface area contributed by atoms with Crippen LogP contribution in [0, 0.1) is 6.92 Å². The third-order valence-corrected chi connectivity index (χ3v) is 5.28.